The van der Waals surface area contributed by atoms with E-state index in [-0.39, 0.29) is 30.2 Å². The minimum absolute atomic E-state index is 0.130. The van der Waals surface area contributed by atoms with Gasteiger partial charge in [0.25, 0.3) is 11.9 Å². The monoisotopic (exact) mass is 470 g/mol. The molecule has 0 bridgehead atoms. The molecule has 170 valence electrons. The number of fused-ring (bicyclic) bond motifs is 1. The Labute approximate surface area is 186 Å². The van der Waals surface area contributed by atoms with Gasteiger partial charge in [-0.25, -0.2) is 14.4 Å². The Morgan fingerprint density at radius 1 is 1.38 bits per heavy atom. The molecule has 1 atom stereocenters. The van der Waals surface area contributed by atoms with Crippen LogP contribution in [0.5, 0.6) is 0 Å². The standard InChI is InChI=1S/C20H19ClF4N6O/c1-5-12(16(21)13(6-2)20(23,24)25)18(32)30-8-7-15-17(11(30)4)28-29-31(15)19-26-9-14(22)10(3)27-19/h5-6,9,11H,2,7-8H2,1,3-4H3/b12-5+,16-13-/t11-/m1/s1. The summed E-state index contributed by atoms with van der Waals surface area (Å²) in [6.07, 6.45) is -1.65. The van der Waals surface area contributed by atoms with Gasteiger partial charge in [-0.1, -0.05) is 35.5 Å². The number of rotatable bonds is 4. The number of aromatic nitrogens is 5. The van der Waals surface area contributed by atoms with Gasteiger partial charge < -0.3 is 4.90 Å². The molecule has 0 unspecified atom stereocenters. The summed E-state index contributed by atoms with van der Waals surface area (Å²) in [5, 5.41) is 7.41. The molecule has 0 saturated heterocycles. The van der Waals surface area contributed by atoms with Crippen LogP contribution in [0, 0.1) is 12.7 Å². The minimum atomic E-state index is -4.76. The largest absolute Gasteiger partial charge is 0.417 e. The van der Waals surface area contributed by atoms with Gasteiger partial charge in [0.15, 0.2) is 5.82 Å². The Morgan fingerprint density at radius 2 is 2.06 bits per heavy atom. The van der Waals surface area contributed by atoms with Crippen LogP contribution in [0.25, 0.3) is 5.95 Å². The number of nitrogens with zero attached hydrogens (tertiary/aromatic N) is 6. The highest BCUT2D eigenvalue weighted by atomic mass is 35.5. The fraction of sp³-hybridized carbons (Fsp3) is 0.350. The summed E-state index contributed by atoms with van der Waals surface area (Å²) in [5.41, 5.74) is -0.287. The van der Waals surface area contributed by atoms with Crippen molar-refractivity contribution in [3.63, 3.8) is 0 Å². The zero-order valence-electron chi connectivity index (χ0n) is 17.4. The van der Waals surface area contributed by atoms with E-state index < -0.39 is 34.5 Å². The van der Waals surface area contributed by atoms with Gasteiger partial charge in [0.1, 0.15) is 5.69 Å². The molecule has 1 amide bonds. The van der Waals surface area contributed by atoms with Gasteiger partial charge in [0, 0.05) is 13.0 Å². The van der Waals surface area contributed by atoms with E-state index in [1.165, 1.54) is 29.5 Å². The van der Waals surface area contributed by atoms with Crippen molar-refractivity contribution in [3.8, 4) is 5.95 Å². The molecule has 0 radical (unpaired) electrons. The molecule has 0 aliphatic carbocycles. The molecular formula is C20H19ClF4N6O. The van der Waals surface area contributed by atoms with E-state index in [9.17, 15) is 22.4 Å². The Bertz CT molecular complexity index is 1140. The number of hydrogen-bond donors (Lipinski definition) is 0. The molecule has 0 fully saturated rings. The lowest BCUT2D eigenvalue weighted by molar-refractivity contribution is -0.129. The highest BCUT2D eigenvalue weighted by molar-refractivity contribution is 6.36. The van der Waals surface area contributed by atoms with E-state index in [0.29, 0.717) is 17.5 Å². The van der Waals surface area contributed by atoms with Gasteiger partial charge in [-0.2, -0.15) is 17.9 Å². The second kappa shape index (κ2) is 8.81. The summed E-state index contributed by atoms with van der Waals surface area (Å²) in [6, 6.07) is -0.612. The predicted octanol–water partition coefficient (Wildman–Crippen LogP) is 4.14. The van der Waals surface area contributed by atoms with Crippen LogP contribution in [-0.4, -0.2) is 48.5 Å². The van der Waals surface area contributed by atoms with Crippen LogP contribution in [-0.2, 0) is 11.2 Å². The third-order valence-electron chi connectivity index (χ3n) is 5.10. The quantitative estimate of drug-likeness (QED) is 0.381. The Hall–Kier alpha value is -3.08. The molecule has 32 heavy (non-hydrogen) atoms. The third kappa shape index (κ3) is 4.16. The maximum absolute atomic E-state index is 13.5. The summed E-state index contributed by atoms with van der Waals surface area (Å²) in [6.45, 7) is 7.91. The van der Waals surface area contributed by atoms with Crippen molar-refractivity contribution >= 4 is 17.5 Å². The lowest BCUT2D eigenvalue weighted by Crippen LogP contribution is -2.40. The number of hydrogen-bond acceptors (Lipinski definition) is 5. The highest BCUT2D eigenvalue weighted by Gasteiger charge is 2.38. The van der Waals surface area contributed by atoms with Gasteiger partial charge >= 0.3 is 6.18 Å². The number of aryl methyl sites for hydroxylation is 1. The fourth-order valence-corrected chi connectivity index (χ4v) is 3.77. The van der Waals surface area contributed by atoms with Crippen molar-refractivity contribution in [1.29, 1.82) is 0 Å². The van der Waals surface area contributed by atoms with Crippen molar-refractivity contribution in [2.45, 2.75) is 39.4 Å². The van der Waals surface area contributed by atoms with Gasteiger partial charge in [-0.3, -0.25) is 4.79 Å². The highest BCUT2D eigenvalue weighted by Crippen LogP contribution is 2.36. The first-order valence-electron chi connectivity index (χ1n) is 9.52. The van der Waals surface area contributed by atoms with Crippen LogP contribution in [0.1, 0.15) is 37.0 Å². The van der Waals surface area contributed by atoms with Crippen LogP contribution in [0.3, 0.4) is 0 Å². The second-order valence-electron chi connectivity index (χ2n) is 6.99. The number of alkyl halides is 3. The van der Waals surface area contributed by atoms with E-state index in [0.717, 1.165) is 6.20 Å². The molecule has 3 rings (SSSR count). The maximum atomic E-state index is 13.5. The molecule has 7 nitrogen and oxygen atoms in total. The van der Waals surface area contributed by atoms with Gasteiger partial charge in [0.05, 0.1) is 39.8 Å². The zero-order chi connectivity index (χ0) is 23.8. The molecule has 0 N–H and O–H groups in total. The van der Waals surface area contributed by atoms with Gasteiger partial charge in [-0.15, -0.1) is 5.10 Å². The first-order chi connectivity index (χ1) is 15.0. The summed E-state index contributed by atoms with van der Waals surface area (Å²) in [7, 11) is 0. The fourth-order valence-electron chi connectivity index (χ4n) is 3.39. The average molecular weight is 471 g/mol. The number of carbonyl (C=O) groups is 1. The van der Waals surface area contributed by atoms with Crippen molar-refractivity contribution in [3.05, 3.63) is 64.0 Å². The predicted molar refractivity (Wildman–Crippen MR) is 108 cm³/mol. The smallest absolute Gasteiger partial charge is 0.330 e. The molecule has 3 heterocycles. The maximum Gasteiger partial charge on any atom is 0.417 e. The molecule has 12 heteroatoms. The van der Waals surface area contributed by atoms with Crippen molar-refractivity contribution in [2.24, 2.45) is 0 Å². The molecule has 2 aromatic heterocycles. The van der Waals surface area contributed by atoms with Crippen molar-refractivity contribution in [2.75, 3.05) is 6.54 Å². The zero-order valence-corrected chi connectivity index (χ0v) is 18.2. The third-order valence-corrected chi connectivity index (χ3v) is 5.51. The number of allylic oxidation sites excluding steroid dienone is 3. The molecule has 1 aliphatic heterocycles. The average Bonchev–Trinajstić information content (AvgIpc) is 3.15. The topological polar surface area (TPSA) is 76.8 Å². The molecule has 1 aliphatic rings. The molecule has 0 saturated carbocycles. The lowest BCUT2D eigenvalue weighted by atomic mass is 10.0. The Morgan fingerprint density at radius 3 is 2.62 bits per heavy atom. The van der Waals surface area contributed by atoms with Crippen LogP contribution in [0.4, 0.5) is 17.6 Å². The normalized spacial score (nSPS) is 17.7. The molecule has 2 aromatic rings. The van der Waals surface area contributed by atoms with E-state index in [1.54, 1.807) is 6.92 Å². The second-order valence-corrected chi connectivity index (χ2v) is 7.37. The number of amides is 1. The summed E-state index contributed by atoms with van der Waals surface area (Å²) < 4.78 is 54.6. The molecule has 0 spiro atoms. The van der Waals surface area contributed by atoms with Crippen molar-refractivity contribution < 1.29 is 22.4 Å². The number of carbonyl (C=O) groups excluding carboxylic acids is 1. The van der Waals surface area contributed by atoms with Crippen LogP contribution in [0.2, 0.25) is 0 Å². The molecule has 0 aromatic carbocycles. The van der Waals surface area contributed by atoms with Crippen molar-refractivity contribution in [1.82, 2.24) is 29.9 Å². The summed E-state index contributed by atoms with van der Waals surface area (Å²) in [4.78, 5) is 22.5. The minimum Gasteiger partial charge on any atom is -0.330 e. The van der Waals surface area contributed by atoms with E-state index >= 15 is 0 Å². The van der Waals surface area contributed by atoms with E-state index in [2.05, 4.69) is 26.9 Å². The Balaban J connectivity index is 1.94. The van der Waals surface area contributed by atoms with Gasteiger partial charge in [-0.05, 0) is 20.8 Å². The van der Waals surface area contributed by atoms with Crippen LogP contribution in [0.15, 0.2) is 41.1 Å². The summed E-state index contributed by atoms with van der Waals surface area (Å²) in [5.74, 6) is -1.11. The lowest BCUT2D eigenvalue weighted by Gasteiger charge is -2.33. The van der Waals surface area contributed by atoms with Crippen LogP contribution >= 0.6 is 11.6 Å². The van der Waals surface area contributed by atoms with E-state index in [4.69, 9.17) is 11.6 Å². The van der Waals surface area contributed by atoms with Crippen LogP contribution < -0.4 is 0 Å². The first-order valence-corrected chi connectivity index (χ1v) is 9.90. The van der Waals surface area contributed by atoms with E-state index in [1.807, 2.05) is 0 Å². The first kappa shape index (κ1) is 23.6. The number of halogens is 5. The van der Waals surface area contributed by atoms with Gasteiger partial charge in [0.2, 0.25) is 0 Å². The summed E-state index contributed by atoms with van der Waals surface area (Å²) >= 11 is 5.96. The SMILES string of the molecule is C=C/C(=C(Cl)\C(=C/C)C(=O)N1CCc2c(nnn2-c2ncc(F)c(C)n2)[C@H]1C)C(F)(F)F. The Kier molecular flexibility index (Phi) is 6.49. The molecular weight excluding hydrogens is 452 g/mol.